The molecule has 0 aliphatic heterocycles. The fourth-order valence-corrected chi connectivity index (χ4v) is 3.49. The van der Waals surface area contributed by atoms with Crippen molar-refractivity contribution in [1.82, 2.24) is 9.55 Å². The summed E-state index contributed by atoms with van der Waals surface area (Å²) in [4.78, 5) is 29.8. The summed E-state index contributed by atoms with van der Waals surface area (Å²) in [5.41, 5.74) is 0.446. The number of hydrogen-bond donors (Lipinski definition) is 1. The molecule has 4 rings (SSSR count). The van der Waals surface area contributed by atoms with Crippen molar-refractivity contribution in [1.29, 1.82) is 0 Å². The number of rotatable bonds is 6. The van der Waals surface area contributed by atoms with Gasteiger partial charge >= 0.3 is 0 Å². The first-order valence-electron chi connectivity index (χ1n) is 8.75. The van der Waals surface area contributed by atoms with Crippen LogP contribution >= 0.6 is 11.3 Å². The van der Waals surface area contributed by atoms with E-state index in [-0.39, 0.29) is 24.4 Å². The van der Waals surface area contributed by atoms with Gasteiger partial charge in [-0.25, -0.2) is 4.98 Å². The van der Waals surface area contributed by atoms with Gasteiger partial charge in [-0.1, -0.05) is 30.3 Å². The van der Waals surface area contributed by atoms with Crippen molar-refractivity contribution in [2.75, 3.05) is 5.32 Å². The topological polar surface area (TPSA) is 73.2 Å². The first-order valence-corrected chi connectivity index (χ1v) is 9.63. The molecule has 0 saturated heterocycles. The lowest BCUT2D eigenvalue weighted by Crippen LogP contribution is -2.23. The van der Waals surface area contributed by atoms with Crippen LogP contribution in [0.1, 0.15) is 6.42 Å². The van der Waals surface area contributed by atoms with Gasteiger partial charge < -0.3 is 10.1 Å². The molecule has 0 aliphatic carbocycles. The van der Waals surface area contributed by atoms with Crippen LogP contribution in [0.4, 0.5) is 5.69 Å². The van der Waals surface area contributed by atoms with Crippen LogP contribution in [0.15, 0.2) is 77.2 Å². The van der Waals surface area contributed by atoms with Gasteiger partial charge in [0.05, 0.1) is 17.4 Å². The SMILES string of the molecule is O=C(CCn1cnc2sccc2c1=O)Nc1ccccc1Oc1ccccc1. The molecule has 0 atom stereocenters. The highest BCUT2D eigenvalue weighted by Crippen LogP contribution is 2.29. The standard InChI is InChI=1S/C21H17N3O3S/c25-19(10-12-24-14-22-20-16(21(24)26)11-13-28-20)23-17-8-4-5-9-18(17)27-15-6-2-1-3-7-15/h1-9,11,13-14H,10,12H2,(H,23,25). The van der Waals surface area contributed by atoms with Crippen LogP contribution in [-0.2, 0) is 11.3 Å². The Hall–Kier alpha value is -3.45. The van der Waals surface area contributed by atoms with Crippen molar-refractivity contribution in [3.63, 3.8) is 0 Å². The summed E-state index contributed by atoms with van der Waals surface area (Å²) in [6.07, 6.45) is 1.64. The van der Waals surface area contributed by atoms with Gasteiger partial charge in [-0.05, 0) is 35.7 Å². The Bertz CT molecular complexity index is 1170. The molecular weight excluding hydrogens is 374 g/mol. The van der Waals surface area contributed by atoms with Gasteiger partial charge in [0, 0.05) is 13.0 Å². The number of nitrogens with one attached hydrogen (secondary N) is 1. The van der Waals surface area contributed by atoms with Gasteiger partial charge in [0.25, 0.3) is 5.56 Å². The van der Waals surface area contributed by atoms with Gasteiger partial charge in [-0.15, -0.1) is 11.3 Å². The largest absolute Gasteiger partial charge is 0.455 e. The number of carbonyl (C=O) groups excluding carboxylic acids is 1. The number of aryl methyl sites for hydroxylation is 1. The molecule has 2 aromatic heterocycles. The molecule has 4 aromatic rings. The Balaban J connectivity index is 1.44. The summed E-state index contributed by atoms with van der Waals surface area (Å²) < 4.78 is 7.31. The normalized spacial score (nSPS) is 10.7. The zero-order chi connectivity index (χ0) is 19.3. The Morgan fingerprint density at radius 1 is 1.07 bits per heavy atom. The third kappa shape index (κ3) is 3.94. The quantitative estimate of drug-likeness (QED) is 0.532. The smallest absolute Gasteiger partial charge is 0.262 e. The second-order valence-corrected chi connectivity index (χ2v) is 6.99. The van der Waals surface area contributed by atoms with Crippen LogP contribution < -0.4 is 15.6 Å². The summed E-state index contributed by atoms with van der Waals surface area (Å²) in [5, 5.41) is 5.27. The summed E-state index contributed by atoms with van der Waals surface area (Å²) in [5.74, 6) is 1.04. The van der Waals surface area contributed by atoms with E-state index in [4.69, 9.17) is 4.74 Å². The average molecular weight is 391 g/mol. The number of para-hydroxylation sites is 3. The van der Waals surface area contributed by atoms with Crippen LogP contribution in [0, 0.1) is 0 Å². The lowest BCUT2D eigenvalue weighted by molar-refractivity contribution is -0.116. The van der Waals surface area contributed by atoms with E-state index in [0.717, 1.165) is 0 Å². The minimum absolute atomic E-state index is 0.133. The molecule has 6 nitrogen and oxygen atoms in total. The van der Waals surface area contributed by atoms with Crippen molar-refractivity contribution in [2.24, 2.45) is 0 Å². The van der Waals surface area contributed by atoms with Crippen LogP contribution in [0.25, 0.3) is 10.2 Å². The zero-order valence-corrected chi connectivity index (χ0v) is 15.7. The lowest BCUT2D eigenvalue weighted by Gasteiger charge is -2.12. The van der Waals surface area contributed by atoms with E-state index in [1.165, 1.54) is 22.2 Å². The molecule has 0 aliphatic rings. The Morgan fingerprint density at radius 3 is 2.71 bits per heavy atom. The number of hydrogen-bond acceptors (Lipinski definition) is 5. The second kappa shape index (κ2) is 8.06. The maximum absolute atomic E-state index is 12.4. The highest BCUT2D eigenvalue weighted by atomic mass is 32.1. The fraction of sp³-hybridized carbons (Fsp3) is 0.0952. The Labute approximate surface area is 165 Å². The molecular formula is C21H17N3O3S. The molecule has 0 radical (unpaired) electrons. The maximum atomic E-state index is 12.4. The maximum Gasteiger partial charge on any atom is 0.262 e. The van der Waals surface area contributed by atoms with E-state index in [2.05, 4.69) is 10.3 Å². The number of benzene rings is 2. The summed E-state index contributed by atoms with van der Waals surface area (Å²) in [6.45, 7) is 0.255. The Kier molecular flexibility index (Phi) is 5.16. The van der Waals surface area contributed by atoms with Crippen LogP contribution in [-0.4, -0.2) is 15.5 Å². The van der Waals surface area contributed by atoms with Crippen LogP contribution in [0.2, 0.25) is 0 Å². The summed E-state index contributed by atoms with van der Waals surface area (Å²) in [7, 11) is 0. The molecule has 2 aromatic carbocycles. The minimum atomic E-state index is -0.207. The van der Waals surface area contributed by atoms with Crippen molar-refractivity contribution < 1.29 is 9.53 Å². The van der Waals surface area contributed by atoms with Gasteiger partial charge in [0.15, 0.2) is 5.75 Å². The molecule has 7 heteroatoms. The van der Waals surface area contributed by atoms with E-state index in [1.54, 1.807) is 18.2 Å². The summed E-state index contributed by atoms with van der Waals surface area (Å²) >= 11 is 1.42. The fourth-order valence-electron chi connectivity index (χ4n) is 2.76. The van der Waals surface area contributed by atoms with Crippen molar-refractivity contribution >= 4 is 33.1 Å². The third-order valence-corrected chi connectivity index (χ3v) is 4.98. The molecule has 0 bridgehead atoms. The van der Waals surface area contributed by atoms with Crippen molar-refractivity contribution in [3.05, 3.63) is 82.7 Å². The Morgan fingerprint density at radius 2 is 1.86 bits per heavy atom. The number of fused-ring (bicyclic) bond motifs is 1. The number of thiophene rings is 1. The van der Waals surface area contributed by atoms with Crippen molar-refractivity contribution in [2.45, 2.75) is 13.0 Å². The predicted molar refractivity (Wildman–Crippen MR) is 110 cm³/mol. The number of anilines is 1. The molecule has 2 heterocycles. The average Bonchev–Trinajstić information content (AvgIpc) is 3.19. The predicted octanol–water partition coefficient (Wildman–Crippen LogP) is 4.28. The first kappa shape index (κ1) is 17.9. The van der Waals surface area contributed by atoms with Gasteiger partial charge in [-0.3, -0.25) is 14.2 Å². The molecule has 0 saturated carbocycles. The van der Waals surface area contributed by atoms with E-state index in [9.17, 15) is 9.59 Å². The number of carbonyl (C=O) groups is 1. The van der Waals surface area contributed by atoms with Gasteiger partial charge in [0.1, 0.15) is 10.6 Å². The third-order valence-electron chi connectivity index (χ3n) is 4.16. The summed E-state index contributed by atoms with van der Waals surface area (Å²) in [6, 6.07) is 18.4. The van der Waals surface area contributed by atoms with E-state index >= 15 is 0 Å². The van der Waals surface area contributed by atoms with E-state index < -0.39 is 0 Å². The first-order chi connectivity index (χ1) is 13.7. The second-order valence-electron chi connectivity index (χ2n) is 6.09. The van der Waals surface area contributed by atoms with E-state index in [0.29, 0.717) is 27.4 Å². The number of aromatic nitrogens is 2. The van der Waals surface area contributed by atoms with Gasteiger partial charge in [-0.2, -0.15) is 0 Å². The van der Waals surface area contributed by atoms with Crippen LogP contribution in [0.5, 0.6) is 11.5 Å². The van der Waals surface area contributed by atoms with Gasteiger partial charge in [0.2, 0.25) is 5.91 Å². The van der Waals surface area contributed by atoms with E-state index in [1.807, 2.05) is 47.8 Å². The number of nitrogens with zero attached hydrogens (tertiary/aromatic N) is 2. The highest BCUT2D eigenvalue weighted by Gasteiger charge is 2.10. The lowest BCUT2D eigenvalue weighted by atomic mass is 10.2. The molecule has 1 amide bonds. The number of amides is 1. The van der Waals surface area contributed by atoms with Crippen molar-refractivity contribution in [3.8, 4) is 11.5 Å². The number of ether oxygens (including phenoxy) is 1. The molecule has 0 unspecified atom stereocenters. The highest BCUT2D eigenvalue weighted by molar-refractivity contribution is 7.16. The zero-order valence-electron chi connectivity index (χ0n) is 14.9. The van der Waals surface area contributed by atoms with Crippen LogP contribution in [0.3, 0.4) is 0 Å². The molecule has 0 fully saturated rings. The monoisotopic (exact) mass is 391 g/mol. The molecule has 140 valence electrons. The molecule has 1 N–H and O–H groups in total. The molecule has 0 spiro atoms. The molecule has 28 heavy (non-hydrogen) atoms. The minimum Gasteiger partial charge on any atom is -0.455 e.